The van der Waals surface area contributed by atoms with Gasteiger partial charge in [-0.15, -0.1) is 0 Å². The highest BCUT2D eigenvalue weighted by atomic mass is 127. The second kappa shape index (κ2) is 7.92. The van der Waals surface area contributed by atoms with Gasteiger partial charge < -0.3 is 15.6 Å². The van der Waals surface area contributed by atoms with Crippen molar-refractivity contribution in [2.45, 2.75) is 6.92 Å². The van der Waals surface area contributed by atoms with Gasteiger partial charge in [-0.2, -0.15) is 15.8 Å². The van der Waals surface area contributed by atoms with E-state index in [0.717, 1.165) is 0 Å². The van der Waals surface area contributed by atoms with E-state index in [4.69, 9.17) is 26.3 Å². The summed E-state index contributed by atoms with van der Waals surface area (Å²) in [5.74, 6) is 0.289. The minimum Gasteiger partial charge on any atom is -0.504 e. The summed E-state index contributed by atoms with van der Waals surface area (Å²) in [5, 5.41) is 36.6. The van der Waals surface area contributed by atoms with Gasteiger partial charge in [0.2, 0.25) is 0 Å². The number of benzene rings is 1. The lowest BCUT2D eigenvalue weighted by Gasteiger charge is -2.09. The number of nitrogens with zero attached hydrogens (tertiary/aromatic N) is 3. The Balaban J connectivity index is 3.44. The van der Waals surface area contributed by atoms with E-state index in [-0.39, 0.29) is 28.3 Å². The first-order valence-corrected chi connectivity index (χ1v) is 7.13. The normalized spacial score (nSPS) is 10.0. The third kappa shape index (κ3) is 3.91. The first-order valence-electron chi connectivity index (χ1n) is 6.05. The molecule has 1 aromatic carbocycles. The smallest absolute Gasteiger partial charge is 0.171 e. The fourth-order valence-electron chi connectivity index (χ4n) is 1.56. The standard InChI is InChI=1S/C15H11IN4O2/c1-2-22-13-5-9(4-12(16)15(13)21)3-10(6-17)14(20)11(7-18)8-19/h3-5,21H,2,20H2,1H3/b10-3+. The molecule has 0 bridgehead atoms. The summed E-state index contributed by atoms with van der Waals surface area (Å²) in [7, 11) is 0. The van der Waals surface area contributed by atoms with E-state index in [2.05, 4.69) is 0 Å². The zero-order chi connectivity index (χ0) is 16.7. The Hall–Kier alpha value is -2.70. The highest BCUT2D eigenvalue weighted by molar-refractivity contribution is 14.1. The third-order valence-electron chi connectivity index (χ3n) is 2.57. The summed E-state index contributed by atoms with van der Waals surface area (Å²) in [6, 6.07) is 8.31. The van der Waals surface area contributed by atoms with Crippen LogP contribution in [0.15, 0.2) is 29.0 Å². The maximum atomic E-state index is 9.88. The van der Waals surface area contributed by atoms with Gasteiger partial charge in [0, 0.05) is 0 Å². The van der Waals surface area contributed by atoms with E-state index < -0.39 is 0 Å². The first-order chi connectivity index (χ1) is 10.5. The Morgan fingerprint density at radius 1 is 1.32 bits per heavy atom. The molecule has 0 aliphatic rings. The molecule has 3 N–H and O–H groups in total. The van der Waals surface area contributed by atoms with Gasteiger partial charge in [0.25, 0.3) is 0 Å². The van der Waals surface area contributed by atoms with E-state index in [1.54, 1.807) is 31.2 Å². The van der Waals surface area contributed by atoms with Crippen molar-refractivity contribution < 1.29 is 9.84 Å². The Bertz CT molecular complexity index is 760. The van der Waals surface area contributed by atoms with Crippen molar-refractivity contribution >= 4 is 28.7 Å². The Kier molecular flexibility index (Phi) is 6.25. The molecule has 0 aromatic heterocycles. The molecule has 0 amide bonds. The molecular formula is C15H11IN4O2. The number of nitrogens with two attached hydrogens (primary N) is 1. The molecule has 110 valence electrons. The fourth-order valence-corrected chi connectivity index (χ4v) is 2.19. The van der Waals surface area contributed by atoms with Gasteiger partial charge in [-0.3, -0.25) is 0 Å². The van der Waals surface area contributed by atoms with Crippen LogP contribution in [0.4, 0.5) is 0 Å². The van der Waals surface area contributed by atoms with Crippen molar-refractivity contribution in [3.05, 3.63) is 38.1 Å². The molecule has 0 saturated carbocycles. The first kappa shape index (κ1) is 17.4. The lowest BCUT2D eigenvalue weighted by molar-refractivity contribution is 0.317. The van der Waals surface area contributed by atoms with Crippen LogP contribution in [0.1, 0.15) is 12.5 Å². The van der Waals surface area contributed by atoms with Crippen LogP contribution in [0.25, 0.3) is 6.08 Å². The van der Waals surface area contributed by atoms with Gasteiger partial charge in [-0.25, -0.2) is 0 Å². The van der Waals surface area contributed by atoms with E-state index in [9.17, 15) is 5.11 Å². The van der Waals surface area contributed by atoms with Crippen molar-refractivity contribution in [2.24, 2.45) is 5.73 Å². The van der Waals surface area contributed by atoms with Crippen LogP contribution in [0.5, 0.6) is 11.5 Å². The number of halogens is 1. The van der Waals surface area contributed by atoms with Gasteiger partial charge in [-0.1, -0.05) is 0 Å². The van der Waals surface area contributed by atoms with E-state index in [1.807, 2.05) is 28.7 Å². The minimum absolute atomic E-state index is 0.0105. The van der Waals surface area contributed by atoms with Crippen molar-refractivity contribution in [2.75, 3.05) is 6.61 Å². The predicted octanol–water partition coefficient (Wildman–Crippen LogP) is 2.56. The van der Waals surface area contributed by atoms with Crippen molar-refractivity contribution in [3.63, 3.8) is 0 Å². The molecule has 0 heterocycles. The molecule has 0 aliphatic heterocycles. The summed E-state index contributed by atoms with van der Waals surface area (Å²) in [6.07, 6.45) is 1.42. The molecule has 0 fully saturated rings. The van der Waals surface area contributed by atoms with Crippen LogP contribution in [0.3, 0.4) is 0 Å². The number of nitriles is 3. The van der Waals surface area contributed by atoms with Crippen molar-refractivity contribution in [1.82, 2.24) is 0 Å². The molecule has 0 unspecified atom stereocenters. The molecule has 0 saturated heterocycles. The molecule has 6 nitrogen and oxygen atoms in total. The number of ether oxygens (including phenoxy) is 1. The Morgan fingerprint density at radius 2 is 1.95 bits per heavy atom. The maximum absolute atomic E-state index is 9.88. The largest absolute Gasteiger partial charge is 0.504 e. The molecule has 0 spiro atoms. The summed E-state index contributed by atoms with van der Waals surface area (Å²) < 4.78 is 5.85. The number of aromatic hydroxyl groups is 1. The molecule has 1 rings (SSSR count). The molecule has 7 heteroatoms. The monoisotopic (exact) mass is 406 g/mol. The van der Waals surface area contributed by atoms with Gasteiger partial charge in [0.1, 0.15) is 18.2 Å². The van der Waals surface area contributed by atoms with Gasteiger partial charge >= 0.3 is 0 Å². The minimum atomic E-state index is -0.327. The van der Waals surface area contributed by atoms with Crippen molar-refractivity contribution in [3.8, 4) is 29.7 Å². The zero-order valence-electron chi connectivity index (χ0n) is 11.6. The fraction of sp³-hybridized carbons (Fsp3) is 0.133. The molecule has 0 aliphatic carbocycles. The topological polar surface area (TPSA) is 127 Å². The summed E-state index contributed by atoms with van der Waals surface area (Å²) in [6.45, 7) is 2.15. The van der Waals surface area contributed by atoms with Crippen LogP contribution in [0, 0.1) is 37.6 Å². The van der Waals surface area contributed by atoms with Crippen LogP contribution in [0.2, 0.25) is 0 Å². The predicted molar refractivity (Wildman–Crippen MR) is 88.0 cm³/mol. The number of phenols is 1. The summed E-state index contributed by atoms with van der Waals surface area (Å²) in [4.78, 5) is 0. The number of rotatable bonds is 4. The number of hydrogen-bond donors (Lipinski definition) is 2. The van der Waals surface area contributed by atoms with Crippen LogP contribution >= 0.6 is 22.6 Å². The second-order valence-electron chi connectivity index (χ2n) is 3.96. The third-order valence-corrected chi connectivity index (χ3v) is 3.39. The Morgan fingerprint density at radius 3 is 2.45 bits per heavy atom. The van der Waals surface area contributed by atoms with Crippen LogP contribution in [-0.2, 0) is 0 Å². The zero-order valence-corrected chi connectivity index (χ0v) is 13.7. The number of hydrogen-bond acceptors (Lipinski definition) is 6. The highest BCUT2D eigenvalue weighted by Crippen LogP contribution is 2.33. The second-order valence-corrected chi connectivity index (χ2v) is 5.13. The van der Waals surface area contributed by atoms with Gasteiger partial charge in [0.05, 0.1) is 21.4 Å². The SMILES string of the molecule is CCOc1cc(/C=C(\C#N)C(N)=C(C#N)C#N)cc(I)c1O. The van der Waals surface area contributed by atoms with Crippen LogP contribution < -0.4 is 10.5 Å². The number of phenolic OH excluding ortho intramolecular Hbond substituents is 1. The quantitative estimate of drug-likeness (QED) is 0.450. The molecule has 1 aromatic rings. The Labute approximate surface area is 141 Å². The van der Waals surface area contributed by atoms with Gasteiger partial charge in [-0.05, 0) is 53.3 Å². The summed E-state index contributed by atoms with van der Waals surface area (Å²) >= 11 is 1.93. The van der Waals surface area contributed by atoms with E-state index >= 15 is 0 Å². The number of allylic oxidation sites excluding steroid dienone is 2. The lowest BCUT2D eigenvalue weighted by atomic mass is 10.1. The highest BCUT2D eigenvalue weighted by Gasteiger charge is 2.11. The lowest BCUT2D eigenvalue weighted by Crippen LogP contribution is -2.03. The van der Waals surface area contributed by atoms with E-state index in [0.29, 0.717) is 15.7 Å². The summed E-state index contributed by atoms with van der Waals surface area (Å²) in [5.41, 5.74) is 5.70. The molecule has 22 heavy (non-hydrogen) atoms. The maximum Gasteiger partial charge on any atom is 0.171 e. The molecule has 0 atom stereocenters. The average molecular weight is 406 g/mol. The van der Waals surface area contributed by atoms with Gasteiger partial charge in [0.15, 0.2) is 17.1 Å². The average Bonchev–Trinajstić information content (AvgIpc) is 2.50. The molecular weight excluding hydrogens is 395 g/mol. The van der Waals surface area contributed by atoms with E-state index in [1.165, 1.54) is 6.08 Å². The molecule has 0 radical (unpaired) electrons. The van der Waals surface area contributed by atoms with Crippen molar-refractivity contribution in [1.29, 1.82) is 15.8 Å². The van der Waals surface area contributed by atoms with Crippen LogP contribution in [-0.4, -0.2) is 11.7 Å².